The Morgan fingerprint density at radius 3 is 0.650 bits per heavy atom. The maximum absolute atomic E-state index is 9.10. The molecule has 0 amide bonds. The van der Waals surface area contributed by atoms with Gasteiger partial charge in [-0.3, -0.25) is 9.41 Å². The summed E-state index contributed by atoms with van der Waals surface area (Å²) < 4.78 is 8.88. The number of halogens is 2. The van der Waals surface area contributed by atoms with E-state index < -0.39 is 31.7 Å². The molecule has 0 aliphatic rings. The Bertz CT molecular complexity index is 295. The van der Waals surface area contributed by atoms with Crippen molar-refractivity contribution < 1.29 is 68.3 Å². The van der Waals surface area contributed by atoms with Crippen LogP contribution in [0.5, 0.6) is 0 Å². The summed E-state index contributed by atoms with van der Waals surface area (Å²) in [7, 11) is -4.64. The van der Waals surface area contributed by atoms with E-state index in [1.807, 2.05) is 0 Å². The summed E-state index contributed by atoms with van der Waals surface area (Å²) in [4.78, 5) is 58.0. The van der Waals surface area contributed by atoms with Crippen LogP contribution < -0.4 is 0 Å². The van der Waals surface area contributed by atoms with Gasteiger partial charge < -0.3 is 35.1 Å². The van der Waals surface area contributed by atoms with Gasteiger partial charge in [0.25, 0.3) is 0 Å². The number of carboxylic acid groups (broad SMARTS) is 4. The monoisotopic (exact) mass is 342 g/mol. The molecule has 0 saturated carbocycles. The Labute approximate surface area is 129 Å². The van der Waals surface area contributed by atoms with Crippen LogP contribution in [0.25, 0.3) is 0 Å². The Morgan fingerprint density at radius 1 is 0.600 bits per heavy atom. The molecule has 0 spiro atoms. The first kappa shape index (κ1) is 36.4. The van der Waals surface area contributed by atoms with Gasteiger partial charge in [-0.15, -0.1) is 0 Å². The molecule has 0 saturated heterocycles. The zero-order valence-corrected chi connectivity index (χ0v) is 9.33. The Balaban J connectivity index is -0.0000000343. The van der Waals surface area contributed by atoms with Crippen molar-refractivity contribution in [3.8, 4) is 0 Å². The van der Waals surface area contributed by atoms with Crippen molar-refractivity contribution >= 4 is 61.3 Å². The Hall–Kier alpha value is -1.15. The van der Waals surface area contributed by atoms with Gasteiger partial charge in [0.2, 0.25) is 0 Å². The van der Waals surface area contributed by atoms with Gasteiger partial charge in [0.15, 0.2) is 0 Å². The fourth-order valence-corrected chi connectivity index (χ4v) is 0. The number of rotatable bonds is 0. The SMILES string of the molecule is F.F.O=C(O)C(=O)O.O=C(O)C(=O)O.O=P(O)(O)O.[NaH]. The van der Waals surface area contributed by atoms with Gasteiger partial charge in [-0.1, -0.05) is 0 Å². The van der Waals surface area contributed by atoms with Crippen LogP contribution in [0.2, 0.25) is 0 Å². The molecule has 0 aromatic heterocycles. The molecule has 0 aliphatic carbocycles. The first-order chi connectivity index (χ1) is 7.29. The van der Waals surface area contributed by atoms with E-state index in [0.717, 1.165) is 0 Å². The second-order valence-electron chi connectivity index (χ2n) is 1.73. The molecule has 0 radical (unpaired) electrons. The minimum absolute atomic E-state index is 0. The molecular weight excluding hydrogens is 332 g/mol. The molecule has 20 heavy (non-hydrogen) atoms. The van der Waals surface area contributed by atoms with E-state index in [1.54, 1.807) is 0 Å². The summed E-state index contributed by atoms with van der Waals surface area (Å²) in [5.74, 6) is -7.30. The molecule has 0 aromatic rings. The van der Waals surface area contributed by atoms with Crippen LogP contribution in [0, 0.1) is 0 Å². The number of carboxylic acids is 4. The third-order valence-electron chi connectivity index (χ3n) is 0.366. The van der Waals surface area contributed by atoms with Gasteiger partial charge in [0.05, 0.1) is 0 Å². The number of carbonyl (C=O) groups is 4. The first-order valence-corrected chi connectivity index (χ1v) is 4.56. The number of aliphatic carboxylic acids is 4. The van der Waals surface area contributed by atoms with Crippen molar-refractivity contribution in [1.29, 1.82) is 0 Å². The second-order valence-corrected chi connectivity index (χ2v) is 2.76. The Kier molecular flexibility index (Phi) is 32.5. The van der Waals surface area contributed by atoms with Crippen LogP contribution in [0.4, 0.5) is 9.41 Å². The average Bonchev–Trinajstić information content (AvgIpc) is 2.01. The van der Waals surface area contributed by atoms with E-state index in [2.05, 4.69) is 0 Å². The molecule has 0 rings (SSSR count). The fourth-order valence-electron chi connectivity index (χ4n) is 0. The molecule has 118 valence electrons. The molecule has 16 heteroatoms. The van der Waals surface area contributed by atoms with Crippen LogP contribution >= 0.6 is 7.82 Å². The van der Waals surface area contributed by atoms with Crippen LogP contribution in [-0.2, 0) is 23.7 Å². The van der Waals surface area contributed by atoms with E-state index in [9.17, 15) is 0 Å². The van der Waals surface area contributed by atoms with E-state index in [0.29, 0.717) is 0 Å². The van der Waals surface area contributed by atoms with Gasteiger partial charge in [-0.25, -0.2) is 23.7 Å². The van der Waals surface area contributed by atoms with Gasteiger partial charge >= 0.3 is 61.3 Å². The standard InChI is InChI=1S/2C2H2O4.2FH.Na.H3O4P.H/c2*3-1(4)2(5)6;;;;1-5(2,3)4;/h2*(H,3,4)(H,5,6);2*1H;;(H3,1,2,3,4);. The molecule has 0 fully saturated rings. The fraction of sp³-hybridized carbons (Fsp3) is 0. The van der Waals surface area contributed by atoms with Crippen molar-refractivity contribution in [3.05, 3.63) is 0 Å². The first-order valence-electron chi connectivity index (χ1n) is 2.99. The van der Waals surface area contributed by atoms with Crippen molar-refractivity contribution in [2.45, 2.75) is 0 Å². The van der Waals surface area contributed by atoms with E-state index in [-0.39, 0.29) is 39.0 Å². The molecule has 0 atom stereocenters. The van der Waals surface area contributed by atoms with Crippen molar-refractivity contribution in [3.63, 3.8) is 0 Å². The summed E-state index contributed by atoms with van der Waals surface area (Å²) in [5, 5.41) is 29.6. The van der Waals surface area contributed by atoms with E-state index in [4.69, 9.17) is 58.8 Å². The van der Waals surface area contributed by atoms with E-state index >= 15 is 0 Å². The van der Waals surface area contributed by atoms with Crippen molar-refractivity contribution in [1.82, 2.24) is 0 Å². The van der Waals surface area contributed by atoms with Crippen LogP contribution in [-0.4, -0.2) is 88.5 Å². The van der Waals surface area contributed by atoms with E-state index in [1.165, 1.54) is 0 Å². The quantitative estimate of drug-likeness (QED) is 0.133. The van der Waals surface area contributed by atoms with Crippen LogP contribution in [0.3, 0.4) is 0 Å². The zero-order chi connectivity index (χ0) is 14.8. The summed E-state index contributed by atoms with van der Waals surface area (Å²) in [6.45, 7) is 0. The van der Waals surface area contributed by atoms with Gasteiger partial charge in [-0.2, -0.15) is 0 Å². The van der Waals surface area contributed by atoms with Crippen LogP contribution in [0.15, 0.2) is 0 Å². The topological polar surface area (TPSA) is 227 Å². The third kappa shape index (κ3) is 90.2. The summed E-state index contributed by atoms with van der Waals surface area (Å²) in [6.07, 6.45) is 0. The number of hydrogen-bond donors (Lipinski definition) is 7. The average molecular weight is 342 g/mol. The number of hydrogen-bond acceptors (Lipinski definition) is 5. The van der Waals surface area contributed by atoms with Crippen molar-refractivity contribution in [2.24, 2.45) is 0 Å². The molecule has 0 bridgehead atoms. The molecule has 12 nitrogen and oxygen atoms in total. The predicted octanol–water partition coefficient (Wildman–Crippen LogP) is -2.96. The zero-order valence-electron chi connectivity index (χ0n) is 8.44. The molecule has 0 unspecified atom stereocenters. The predicted molar refractivity (Wildman–Crippen MR) is 57.0 cm³/mol. The summed E-state index contributed by atoms with van der Waals surface area (Å²) in [6, 6.07) is 0. The Morgan fingerprint density at radius 2 is 0.650 bits per heavy atom. The second kappa shape index (κ2) is 17.8. The molecule has 0 heterocycles. The third-order valence-corrected chi connectivity index (χ3v) is 0.366. The van der Waals surface area contributed by atoms with Crippen molar-refractivity contribution in [2.75, 3.05) is 0 Å². The molecular formula is C4H10F2NaO12P. The maximum atomic E-state index is 9.10. The molecule has 0 aliphatic heterocycles. The van der Waals surface area contributed by atoms with Gasteiger partial charge in [0.1, 0.15) is 0 Å². The van der Waals surface area contributed by atoms with Crippen LogP contribution in [0.1, 0.15) is 0 Å². The van der Waals surface area contributed by atoms with Gasteiger partial charge in [-0.05, 0) is 0 Å². The summed E-state index contributed by atoms with van der Waals surface area (Å²) >= 11 is 0. The van der Waals surface area contributed by atoms with Gasteiger partial charge in [0, 0.05) is 0 Å². The summed E-state index contributed by atoms with van der Waals surface area (Å²) in [5.41, 5.74) is 0. The molecule has 0 aromatic carbocycles. The minimum atomic E-state index is -4.64. The molecule has 7 N–H and O–H groups in total. The number of phosphoric acid groups is 1. The normalized spacial score (nSPS) is 7.35.